The van der Waals surface area contributed by atoms with Gasteiger partial charge in [0, 0.05) is 37.6 Å². The Morgan fingerprint density at radius 1 is 1.44 bits per heavy atom. The number of aromatic nitrogens is 2. The van der Waals surface area contributed by atoms with E-state index < -0.39 is 0 Å². The lowest BCUT2D eigenvalue weighted by Gasteiger charge is -2.08. The normalized spacial score (nSPS) is 10.8. The van der Waals surface area contributed by atoms with E-state index in [2.05, 4.69) is 10.4 Å². The first-order chi connectivity index (χ1) is 8.81. The van der Waals surface area contributed by atoms with Gasteiger partial charge in [-0.05, 0) is 23.8 Å². The molecule has 1 aromatic heterocycles. The van der Waals surface area contributed by atoms with Gasteiger partial charge in [-0.3, -0.25) is 0 Å². The average molecular weight is 266 g/mol. The fourth-order valence-electron chi connectivity index (χ4n) is 1.64. The summed E-state index contributed by atoms with van der Waals surface area (Å²) < 4.78 is 6.76. The van der Waals surface area contributed by atoms with Crippen molar-refractivity contribution in [3.63, 3.8) is 0 Å². The Balaban J connectivity index is 2.01. The van der Waals surface area contributed by atoms with Gasteiger partial charge < -0.3 is 10.1 Å². The average Bonchev–Trinajstić information content (AvgIpc) is 2.90. The number of ether oxygens (including phenoxy) is 1. The summed E-state index contributed by atoms with van der Waals surface area (Å²) in [5.74, 6) is 0. The van der Waals surface area contributed by atoms with E-state index in [-0.39, 0.29) is 0 Å². The molecule has 0 aliphatic heterocycles. The first-order valence-corrected chi connectivity index (χ1v) is 6.17. The summed E-state index contributed by atoms with van der Waals surface area (Å²) >= 11 is 6.25. The quantitative estimate of drug-likeness (QED) is 0.815. The fourth-order valence-corrected chi connectivity index (χ4v) is 1.88. The molecule has 0 bridgehead atoms. The zero-order valence-electron chi connectivity index (χ0n) is 10.3. The van der Waals surface area contributed by atoms with Crippen molar-refractivity contribution in [1.29, 1.82) is 0 Å². The molecule has 0 radical (unpaired) electrons. The Bertz CT molecular complexity index is 485. The van der Waals surface area contributed by atoms with Crippen LogP contribution in [0.15, 0.2) is 36.7 Å². The number of nitrogens with one attached hydrogen (secondary N) is 1. The van der Waals surface area contributed by atoms with Gasteiger partial charge in [0.1, 0.15) is 0 Å². The summed E-state index contributed by atoms with van der Waals surface area (Å²) in [7, 11) is 1.69. The monoisotopic (exact) mass is 265 g/mol. The Kier molecular flexibility index (Phi) is 4.75. The smallest absolute Gasteiger partial charge is 0.0660 e. The summed E-state index contributed by atoms with van der Waals surface area (Å²) in [6.45, 7) is 2.25. The summed E-state index contributed by atoms with van der Waals surface area (Å²) in [5, 5.41) is 8.18. The molecule has 5 heteroatoms. The van der Waals surface area contributed by atoms with Gasteiger partial charge in [0.15, 0.2) is 0 Å². The van der Waals surface area contributed by atoms with Crippen molar-refractivity contribution >= 4 is 11.6 Å². The van der Waals surface area contributed by atoms with Crippen molar-refractivity contribution in [3.8, 4) is 5.69 Å². The third-order valence-corrected chi connectivity index (χ3v) is 2.96. The zero-order valence-corrected chi connectivity index (χ0v) is 11.0. The number of hydrogen-bond acceptors (Lipinski definition) is 3. The number of rotatable bonds is 6. The molecule has 1 heterocycles. The van der Waals surface area contributed by atoms with E-state index in [0.717, 1.165) is 29.4 Å². The molecular weight excluding hydrogens is 250 g/mol. The molecular formula is C13H16ClN3O. The van der Waals surface area contributed by atoms with E-state index in [1.807, 2.05) is 30.5 Å². The lowest BCUT2D eigenvalue weighted by molar-refractivity contribution is 0.199. The Morgan fingerprint density at radius 2 is 2.33 bits per heavy atom. The molecule has 2 rings (SSSR count). The van der Waals surface area contributed by atoms with E-state index in [1.165, 1.54) is 0 Å². The van der Waals surface area contributed by atoms with Gasteiger partial charge in [0.2, 0.25) is 0 Å². The number of methoxy groups -OCH3 is 1. The largest absolute Gasteiger partial charge is 0.383 e. The SMILES string of the molecule is COCCNCc1ccc(-n2cccn2)cc1Cl. The third-order valence-electron chi connectivity index (χ3n) is 2.60. The van der Waals surface area contributed by atoms with E-state index in [0.29, 0.717) is 6.61 Å². The molecule has 0 aliphatic rings. The molecule has 96 valence electrons. The number of hydrogen-bond donors (Lipinski definition) is 1. The lowest BCUT2D eigenvalue weighted by atomic mass is 10.2. The highest BCUT2D eigenvalue weighted by Gasteiger charge is 2.03. The Hall–Kier alpha value is -1.36. The van der Waals surface area contributed by atoms with Gasteiger partial charge in [0.25, 0.3) is 0 Å². The Labute approximate surface area is 112 Å². The van der Waals surface area contributed by atoms with Crippen LogP contribution in [0.2, 0.25) is 5.02 Å². The fraction of sp³-hybridized carbons (Fsp3) is 0.308. The standard InChI is InChI=1S/C13H16ClN3O/c1-18-8-6-15-10-11-3-4-12(9-13(11)14)17-7-2-5-16-17/h2-5,7,9,15H,6,8,10H2,1H3. The molecule has 18 heavy (non-hydrogen) atoms. The highest BCUT2D eigenvalue weighted by Crippen LogP contribution is 2.19. The van der Waals surface area contributed by atoms with Crippen LogP contribution in [-0.4, -0.2) is 30.0 Å². The molecule has 1 aromatic carbocycles. The molecule has 0 amide bonds. The summed E-state index contributed by atoms with van der Waals surface area (Å²) in [6, 6.07) is 7.82. The maximum atomic E-state index is 6.25. The first kappa shape index (κ1) is 13.1. The van der Waals surface area contributed by atoms with Crippen molar-refractivity contribution in [2.75, 3.05) is 20.3 Å². The predicted octanol–water partition coefficient (Wildman–Crippen LogP) is 2.26. The van der Waals surface area contributed by atoms with Crippen LogP contribution in [-0.2, 0) is 11.3 Å². The molecule has 2 aromatic rings. The minimum atomic E-state index is 0.697. The van der Waals surface area contributed by atoms with Crippen molar-refractivity contribution < 1.29 is 4.74 Å². The first-order valence-electron chi connectivity index (χ1n) is 5.79. The molecule has 0 fully saturated rings. The topological polar surface area (TPSA) is 39.1 Å². The minimum absolute atomic E-state index is 0.697. The molecule has 4 nitrogen and oxygen atoms in total. The third kappa shape index (κ3) is 3.32. The van der Waals surface area contributed by atoms with E-state index in [1.54, 1.807) is 18.0 Å². The van der Waals surface area contributed by atoms with Crippen LogP contribution in [0.1, 0.15) is 5.56 Å². The van der Waals surface area contributed by atoms with Crippen LogP contribution in [0.3, 0.4) is 0 Å². The van der Waals surface area contributed by atoms with Crippen LogP contribution >= 0.6 is 11.6 Å². The van der Waals surface area contributed by atoms with Crippen LogP contribution in [0, 0.1) is 0 Å². The molecule has 1 N–H and O–H groups in total. The maximum absolute atomic E-state index is 6.25. The van der Waals surface area contributed by atoms with Gasteiger partial charge in [-0.25, -0.2) is 4.68 Å². The van der Waals surface area contributed by atoms with E-state index in [4.69, 9.17) is 16.3 Å². The molecule has 0 aliphatic carbocycles. The Morgan fingerprint density at radius 3 is 3.00 bits per heavy atom. The highest BCUT2D eigenvalue weighted by atomic mass is 35.5. The zero-order chi connectivity index (χ0) is 12.8. The van der Waals surface area contributed by atoms with E-state index >= 15 is 0 Å². The van der Waals surface area contributed by atoms with Gasteiger partial charge in [0.05, 0.1) is 12.3 Å². The van der Waals surface area contributed by atoms with E-state index in [9.17, 15) is 0 Å². The van der Waals surface area contributed by atoms with Crippen molar-refractivity contribution in [2.45, 2.75) is 6.54 Å². The van der Waals surface area contributed by atoms with Crippen LogP contribution in [0.25, 0.3) is 5.69 Å². The number of nitrogens with zero attached hydrogens (tertiary/aromatic N) is 2. The molecule has 0 unspecified atom stereocenters. The van der Waals surface area contributed by atoms with Gasteiger partial charge in [-0.1, -0.05) is 17.7 Å². The van der Waals surface area contributed by atoms with Crippen LogP contribution in [0.5, 0.6) is 0 Å². The van der Waals surface area contributed by atoms with Gasteiger partial charge in [-0.15, -0.1) is 0 Å². The minimum Gasteiger partial charge on any atom is -0.383 e. The summed E-state index contributed by atoms with van der Waals surface area (Å²) in [6.07, 6.45) is 3.64. The van der Waals surface area contributed by atoms with Crippen molar-refractivity contribution in [3.05, 3.63) is 47.2 Å². The van der Waals surface area contributed by atoms with Gasteiger partial charge >= 0.3 is 0 Å². The van der Waals surface area contributed by atoms with Crippen molar-refractivity contribution in [1.82, 2.24) is 15.1 Å². The molecule has 0 atom stereocenters. The van der Waals surface area contributed by atoms with Crippen molar-refractivity contribution in [2.24, 2.45) is 0 Å². The second-order valence-corrected chi connectivity index (χ2v) is 4.30. The second-order valence-electron chi connectivity index (χ2n) is 3.90. The molecule has 0 saturated carbocycles. The maximum Gasteiger partial charge on any atom is 0.0660 e. The number of benzene rings is 1. The van der Waals surface area contributed by atoms with Gasteiger partial charge in [-0.2, -0.15) is 5.10 Å². The highest BCUT2D eigenvalue weighted by molar-refractivity contribution is 6.31. The summed E-state index contributed by atoms with van der Waals surface area (Å²) in [4.78, 5) is 0. The molecule has 0 saturated heterocycles. The number of halogens is 1. The van der Waals surface area contributed by atoms with Crippen LogP contribution < -0.4 is 5.32 Å². The molecule has 0 spiro atoms. The lowest BCUT2D eigenvalue weighted by Crippen LogP contribution is -2.18. The van der Waals surface area contributed by atoms with Crippen LogP contribution in [0.4, 0.5) is 0 Å². The predicted molar refractivity (Wildman–Crippen MR) is 72.2 cm³/mol. The second kappa shape index (κ2) is 6.54. The summed E-state index contributed by atoms with van der Waals surface area (Å²) in [5.41, 5.74) is 2.04.